The molecule has 25 heavy (non-hydrogen) atoms. The van der Waals surface area contributed by atoms with Crippen LogP contribution in [0.1, 0.15) is 10.5 Å². The number of nitrogens with one attached hydrogen (secondary N) is 2. The summed E-state index contributed by atoms with van der Waals surface area (Å²) in [5.74, 6) is -0.435. The van der Waals surface area contributed by atoms with Gasteiger partial charge in [-0.05, 0) is 24.3 Å². The molecule has 1 aromatic carbocycles. The lowest BCUT2D eigenvalue weighted by Crippen LogP contribution is -2.39. The number of hydrogen-bond donors (Lipinski definition) is 2. The number of halogens is 1. The number of morpholine rings is 1. The summed E-state index contributed by atoms with van der Waals surface area (Å²) in [4.78, 5) is 22.8. The van der Waals surface area contributed by atoms with Crippen LogP contribution in [0.4, 0.5) is 16.0 Å². The van der Waals surface area contributed by atoms with Gasteiger partial charge >= 0.3 is 0 Å². The minimum absolute atomic E-state index is 0.216. The molecule has 0 atom stereocenters. The van der Waals surface area contributed by atoms with Crippen molar-refractivity contribution >= 4 is 17.5 Å². The molecule has 0 unspecified atom stereocenters. The van der Waals surface area contributed by atoms with Gasteiger partial charge in [0.1, 0.15) is 11.5 Å². The molecule has 7 nitrogen and oxygen atoms in total. The Hall–Kier alpha value is -2.58. The number of carbonyl (C=O) groups excluding carboxylic acids is 1. The van der Waals surface area contributed by atoms with Crippen LogP contribution in [0.25, 0.3) is 0 Å². The first kappa shape index (κ1) is 17.2. The van der Waals surface area contributed by atoms with Gasteiger partial charge in [0.25, 0.3) is 5.91 Å². The Morgan fingerprint density at radius 3 is 2.92 bits per heavy atom. The molecule has 1 amide bonds. The second-order valence-electron chi connectivity index (χ2n) is 5.61. The first-order chi connectivity index (χ1) is 12.2. The predicted octanol–water partition coefficient (Wildman–Crippen LogP) is 1.61. The van der Waals surface area contributed by atoms with Crippen LogP contribution in [0.3, 0.4) is 0 Å². The Bertz CT molecular complexity index is 722. The predicted molar refractivity (Wildman–Crippen MR) is 92.1 cm³/mol. The minimum atomic E-state index is -0.413. The number of carbonyl (C=O) groups is 1. The third-order valence-electron chi connectivity index (χ3n) is 3.79. The minimum Gasteiger partial charge on any atom is -0.379 e. The highest BCUT2D eigenvalue weighted by Gasteiger charge is 2.11. The molecule has 1 saturated heterocycles. The van der Waals surface area contributed by atoms with Crippen LogP contribution < -0.4 is 10.6 Å². The second-order valence-corrected chi connectivity index (χ2v) is 5.61. The van der Waals surface area contributed by atoms with Crippen LogP contribution >= 0.6 is 0 Å². The van der Waals surface area contributed by atoms with Gasteiger partial charge in [-0.3, -0.25) is 9.69 Å². The lowest BCUT2D eigenvalue weighted by Gasteiger charge is -2.26. The highest BCUT2D eigenvalue weighted by molar-refractivity contribution is 6.02. The van der Waals surface area contributed by atoms with Gasteiger partial charge in [-0.25, -0.2) is 14.4 Å². The van der Waals surface area contributed by atoms with E-state index in [4.69, 9.17) is 4.74 Å². The Morgan fingerprint density at radius 1 is 1.28 bits per heavy atom. The van der Waals surface area contributed by atoms with Crippen molar-refractivity contribution in [2.45, 2.75) is 0 Å². The maximum absolute atomic E-state index is 13.2. The van der Waals surface area contributed by atoms with E-state index in [1.165, 1.54) is 30.5 Å². The lowest BCUT2D eigenvalue weighted by atomic mass is 10.3. The molecular formula is C17H20FN5O2. The van der Waals surface area contributed by atoms with Gasteiger partial charge in [0, 0.05) is 38.1 Å². The largest absolute Gasteiger partial charge is 0.379 e. The molecule has 8 heteroatoms. The SMILES string of the molecule is O=C(Nc1cccc(F)c1)c1ccnc(NCCN2CCOCC2)n1. The highest BCUT2D eigenvalue weighted by atomic mass is 19.1. The average molecular weight is 345 g/mol. The van der Waals surface area contributed by atoms with Crippen molar-refractivity contribution in [2.75, 3.05) is 50.0 Å². The molecule has 0 radical (unpaired) electrons. The third-order valence-corrected chi connectivity index (χ3v) is 3.79. The third kappa shape index (κ3) is 5.20. The highest BCUT2D eigenvalue weighted by Crippen LogP contribution is 2.11. The van der Waals surface area contributed by atoms with Gasteiger partial charge in [0.05, 0.1) is 13.2 Å². The molecule has 2 heterocycles. The molecule has 2 N–H and O–H groups in total. The number of anilines is 2. The number of rotatable bonds is 6. The Balaban J connectivity index is 1.54. The molecule has 132 valence electrons. The van der Waals surface area contributed by atoms with Crippen LogP contribution in [0, 0.1) is 5.82 Å². The van der Waals surface area contributed by atoms with E-state index < -0.39 is 11.7 Å². The number of ether oxygens (including phenoxy) is 1. The first-order valence-electron chi connectivity index (χ1n) is 8.15. The van der Waals surface area contributed by atoms with Gasteiger partial charge in [-0.1, -0.05) is 6.07 Å². The summed E-state index contributed by atoms with van der Waals surface area (Å²) < 4.78 is 18.5. The van der Waals surface area contributed by atoms with E-state index in [9.17, 15) is 9.18 Å². The standard InChI is InChI=1S/C17H20FN5O2/c18-13-2-1-3-14(12-13)21-16(24)15-4-5-19-17(22-15)20-6-7-23-8-10-25-11-9-23/h1-5,12H,6-11H2,(H,21,24)(H,19,20,22). The summed E-state index contributed by atoms with van der Waals surface area (Å²) in [6, 6.07) is 7.23. The van der Waals surface area contributed by atoms with Crippen molar-refractivity contribution in [3.63, 3.8) is 0 Å². The van der Waals surface area contributed by atoms with Gasteiger partial charge in [-0.15, -0.1) is 0 Å². The number of hydrogen-bond acceptors (Lipinski definition) is 6. The number of benzene rings is 1. The van der Waals surface area contributed by atoms with Crippen molar-refractivity contribution < 1.29 is 13.9 Å². The van der Waals surface area contributed by atoms with Crippen molar-refractivity contribution in [3.05, 3.63) is 48.0 Å². The molecule has 0 aliphatic carbocycles. The summed E-state index contributed by atoms with van der Waals surface area (Å²) >= 11 is 0. The van der Waals surface area contributed by atoms with E-state index in [2.05, 4.69) is 25.5 Å². The van der Waals surface area contributed by atoms with Crippen LogP contribution in [-0.4, -0.2) is 60.2 Å². The van der Waals surface area contributed by atoms with E-state index in [0.29, 0.717) is 18.2 Å². The van der Waals surface area contributed by atoms with Crippen molar-refractivity contribution in [1.29, 1.82) is 0 Å². The maximum Gasteiger partial charge on any atom is 0.274 e. The molecule has 1 aliphatic heterocycles. The van der Waals surface area contributed by atoms with E-state index in [0.717, 1.165) is 32.8 Å². The molecule has 3 rings (SSSR count). The summed E-state index contributed by atoms with van der Waals surface area (Å²) in [6.45, 7) is 4.87. The summed E-state index contributed by atoms with van der Waals surface area (Å²) in [5, 5.41) is 5.73. The van der Waals surface area contributed by atoms with E-state index >= 15 is 0 Å². The van der Waals surface area contributed by atoms with Gasteiger partial charge in [0.15, 0.2) is 0 Å². The van der Waals surface area contributed by atoms with Crippen LogP contribution in [0.2, 0.25) is 0 Å². The van der Waals surface area contributed by atoms with Crippen molar-refractivity contribution in [3.8, 4) is 0 Å². The quantitative estimate of drug-likeness (QED) is 0.828. The van der Waals surface area contributed by atoms with Crippen molar-refractivity contribution in [2.24, 2.45) is 0 Å². The second kappa shape index (κ2) is 8.50. The molecule has 0 spiro atoms. The zero-order valence-electron chi connectivity index (χ0n) is 13.7. The number of nitrogens with zero attached hydrogens (tertiary/aromatic N) is 3. The van der Waals surface area contributed by atoms with Crippen LogP contribution in [0.15, 0.2) is 36.5 Å². The lowest BCUT2D eigenvalue weighted by molar-refractivity contribution is 0.0398. The fourth-order valence-electron chi connectivity index (χ4n) is 2.48. The molecule has 1 aliphatic rings. The Labute approximate surface area is 145 Å². The molecule has 0 saturated carbocycles. The van der Waals surface area contributed by atoms with Gasteiger partial charge in [0.2, 0.25) is 5.95 Å². The van der Waals surface area contributed by atoms with Crippen LogP contribution in [0.5, 0.6) is 0 Å². The van der Waals surface area contributed by atoms with E-state index in [-0.39, 0.29) is 5.69 Å². The summed E-state index contributed by atoms with van der Waals surface area (Å²) in [5.41, 5.74) is 0.596. The normalized spacial score (nSPS) is 14.9. The topological polar surface area (TPSA) is 79.4 Å². The fourth-order valence-corrected chi connectivity index (χ4v) is 2.48. The number of aromatic nitrogens is 2. The molecular weight excluding hydrogens is 325 g/mol. The zero-order chi connectivity index (χ0) is 17.5. The Morgan fingerprint density at radius 2 is 2.12 bits per heavy atom. The Kier molecular flexibility index (Phi) is 5.86. The monoisotopic (exact) mass is 345 g/mol. The van der Waals surface area contributed by atoms with Gasteiger partial charge in [-0.2, -0.15) is 0 Å². The maximum atomic E-state index is 13.2. The number of amides is 1. The summed E-state index contributed by atoms with van der Waals surface area (Å²) in [7, 11) is 0. The first-order valence-corrected chi connectivity index (χ1v) is 8.15. The summed E-state index contributed by atoms with van der Waals surface area (Å²) in [6.07, 6.45) is 1.52. The average Bonchev–Trinajstić information content (AvgIpc) is 2.63. The van der Waals surface area contributed by atoms with E-state index in [1.54, 1.807) is 6.07 Å². The van der Waals surface area contributed by atoms with E-state index in [1.807, 2.05) is 0 Å². The molecule has 1 aromatic heterocycles. The fraction of sp³-hybridized carbons (Fsp3) is 0.353. The smallest absolute Gasteiger partial charge is 0.274 e. The zero-order valence-corrected chi connectivity index (χ0v) is 13.7. The van der Waals surface area contributed by atoms with Gasteiger partial charge < -0.3 is 15.4 Å². The van der Waals surface area contributed by atoms with Crippen molar-refractivity contribution in [1.82, 2.24) is 14.9 Å². The molecule has 1 fully saturated rings. The molecule has 2 aromatic rings. The van der Waals surface area contributed by atoms with Crippen LogP contribution in [-0.2, 0) is 4.74 Å². The molecule has 0 bridgehead atoms.